The molecule has 1 aliphatic heterocycles. The lowest BCUT2D eigenvalue weighted by molar-refractivity contribution is 0.145. The Bertz CT molecular complexity index is 389. The standard InChI is InChI=1S/C12H18ClN3O/c1-8(2)10-11(13)14-7-15-12(10)16-5-3-9(17)4-6-16/h7-9,17H,3-6H2,1-2H3. The molecule has 0 bridgehead atoms. The van der Waals surface area contributed by atoms with Crippen molar-refractivity contribution in [3.8, 4) is 0 Å². The Balaban J connectivity index is 2.28. The zero-order chi connectivity index (χ0) is 12.4. The van der Waals surface area contributed by atoms with E-state index in [4.69, 9.17) is 11.6 Å². The number of aromatic nitrogens is 2. The molecule has 1 fully saturated rings. The van der Waals surface area contributed by atoms with Crippen LogP contribution < -0.4 is 4.90 Å². The highest BCUT2D eigenvalue weighted by Crippen LogP contribution is 2.31. The Hall–Kier alpha value is -0.870. The fourth-order valence-corrected chi connectivity index (χ4v) is 2.54. The van der Waals surface area contributed by atoms with Crippen molar-refractivity contribution in [2.24, 2.45) is 0 Å². The van der Waals surface area contributed by atoms with Gasteiger partial charge in [-0.05, 0) is 18.8 Å². The quantitative estimate of drug-likeness (QED) is 0.824. The highest BCUT2D eigenvalue weighted by molar-refractivity contribution is 6.30. The van der Waals surface area contributed by atoms with E-state index in [2.05, 4.69) is 28.7 Å². The Morgan fingerprint density at radius 2 is 2.00 bits per heavy atom. The van der Waals surface area contributed by atoms with Gasteiger partial charge in [-0.3, -0.25) is 0 Å². The average molecular weight is 256 g/mol. The van der Waals surface area contributed by atoms with Gasteiger partial charge >= 0.3 is 0 Å². The number of aliphatic hydroxyl groups is 1. The molecule has 2 rings (SSSR count). The van der Waals surface area contributed by atoms with Crippen molar-refractivity contribution >= 4 is 17.4 Å². The number of anilines is 1. The van der Waals surface area contributed by atoms with Crippen LogP contribution >= 0.6 is 11.6 Å². The molecule has 1 N–H and O–H groups in total. The minimum atomic E-state index is -0.175. The van der Waals surface area contributed by atoms with Gasteiger partial charge in [-0.15, -0.1) is 0 Å². The second-order valence-corrected chi connectivity index (χ2v) is 5.13. The van der Waals surface area contributed by atoms with E-state index in [1.165, 1.54) is 6.33 Å². The number of rotatable bonds is 2. The van der Waals surface area contributed by atoms with Gasteiger partial charge in [0.2, 0.25) is 0 Å². The minimum Gasteiger partial charge on any atom is -0.393 e. The van der Waals surface area contributed by atoms with Gasteiger partial charge in [-0.25, -0.2) is 9.97 Å². The van der Waals surface area contributed by atoms with Gasteiger partial charge in [0.25, 0.3) is 0 Å². The molecule has 1 aromatic heterocycles. The van der Waals surface area contributed by atoms with Crippen LogP contribution in [0.15, 0.2) is 6.33 Å². The van der Waals surface area contributed by atoms with Crippen LogP contribution in [0.4, 0.5) is 5.82 Å². The normalized spacial score (nSPS) is 17.8. The lowest BCUT2D eigenvalue weighted by atomic mass is 10.0. The highest BCUT2D eigenvalue weighted by Gasteiger charge is 2.23. The molecule has 0 saturated carbocycles. The van der Waals surface area contributed by atoms with Gasteiger partial charge in [-0.1, -0.05) is 25.4 Å². The molecule has 17 heavy (non-hydrogen) atoms. The summed E-state index contributed by atoms with van der Waals surface area (Å²) in [5, 5.41) is 10.1. The van der Waals surface area contributed by atoms with Gasteiger partial charge in [0.05, 0.1) is 6.10 Å². The van der Waals surface area contributed by atoms with E-state index < -0.39 is 0 Å². The van der Waals surface area contributed by atoms with Crippen molar-refractivity contribution in [2.75, 3.05) is 18.0 Å². The third kappa shape index (κ3) is 2.69. The molecule has 0 amide bonds. The number of piperidine rings is 1. The van der Waals surface area contributed by atoms with Crippen molar-refractivity contribution in [2.45, 2.75) is 38.7 Å². The first-order chi connectivity index (χ1) is 8.09. The van der Waals surface area contributed by atoms with E-state index in [0.29, 0.717) is 11.1 Å². The number of halogens is 1. The first kappa shape index (κ1) is 12.6. The second kappa shape index (κ2) is 5.19. The van der Waals surface area contributed by atoms with Crippen LogP contribution in [0.3, 0.4) is 0 Å². The van der Waals surface area contributed by atoms with Crippen LogP contribution in [0.25, 0.3) is 0 Å². The van der Waals surface area contributed by atoms with Gasteiger partial charge in [0.15, 0.2) is 0 Å². The van der Waals surface area contributed by atoms with Crippen LogP contribution in [-0.4, -0.2) is 34.3 Å². The minimum absolute atomic E-state index is 0.175. The summed E-state index contributed by atoms with van der Waals surface area (Å²) in [5.41, 5.74) is 1.01. The zero-order valence-corrected chi connectivity index (χ0v) is 11.0. The maximum absolute atomic E-state index is 9.52. The summed E-state index contributed by atoms with van der Waals surface area (Å²) in [7, 11) is 0. The predicted octanol–water partition coefficient (Wildman–Crippen LogP) is 2.21. The maximum atomic E-state index is 9.52. The maximum Gasteiger partial charge on any atom is 0.138 e. The van der Waals surface area contributed by atoms with Crippen LogP contribution in [0.5, 0.6) is 0 Å². The van der Waals surface area contributed by atoms with Gasteiger partial charge in [-0.2, -0.15) is 0 Å². The number of nitrogens with zero attached hydrogens (tertiary/aromatic N) is 3. The van der Waals surface area contributed by atoms with Gasteiger partial charge in [0, 0.05) is 18.7 Å². The van der Waals surface area contributed by atoms with Crippen molar-refractivity contribution in [1.82, 2.24) is 9.97 Å². The molecule has 0 radical (unpaired) electrons. The van der Waals surface area contributed by atoms with Crippen LogP contribution in [-0.2, 0) is 0 Å². The predicted molar refractivity (Wildman–Crippen MR) is 68.6 cm³/mol. The molecule has 4 nitrogen and oxygen atoms in total. The summed E-state index contributed by atoms with van der Waals surface area (Å²) in [5.74, 6) is 1.22. The molecule has 1 aliphatic rings. The fraction of sp³-hybridized carbons (Fsp3) is 0.667. The first-order valence-corrected chi connectivity index (χ1v) is 6.40. The second-order valence-electron chi connectivity index (χ2n) is 4.77. The molecule has 94 valence electrons. The van der Waals surface area contributed by atoms with E-state index in [9.17, 15) is 5.11 Å². The fourth-order valence-electron chi connectivity index (χ4n) is 2.19. The van der Waals surface area contributed by atoms with E-state index in [-0.39, 0.29) is 6.10 Å². The van der Waals surface area contributed by atoms with Crippen molar-refractivity contribution in [3.63, 3.8) is 0 Å². The van der Waals surface area contributed by atoms with E-state index in [0.717, 1.165) is 37.3 Å². The number of hydrogen-bond acceptors (Lipinski definition) is 4. The molecular weight excluding hydrogens is 238 g/mol. The van der Waals surface area contributed by atoms with Crippen LogP contribution in [0, 0.1) is 0 Å². The SMILES string of the molecule is CC(C)c1c(Cl)ncnc1N1CCC(O)CC1. The summed E-state index contributed by atoms with van der Waals surface area (Å²) in [6.45, 7) is 5.84. The van der Waals surface area contributed by atoms with Gasteiger partial charge in [0.1, 0.15) is 17.3 Å². The Morgan fingerprint density at radius 3 is 2.59 bits per heavy atom. The third-order valence-corrected chi connectivity index (χ3v) is 3.46. The molecular formula is C12H18ClN3O. The lowest BCUT2D eigenvalue weighted by Crippen LogP contribution is -2.37. The summed E-state index contributed by atoms with van der Waals surface area (Å²) >= 11 is 6.15. The molecule has 5 heteroatoms. The number of hydrogen-bond donors (Lipinski definition) is 1. The monoisotopic (exact) mass is 255 g/mol. The van der Waals surface area contributed by atoms with Crippen LogP contribution in [0.2, 0.25) is 5.15 Å². The summed E-state index contributed by atoms with van der Waals surface area (Å²) in [4.78, 5) is 10.6. The topological polar surface area (TPSA) is 49.2 Å². The molecule has 1 saturated heterocycles. The molecule has 0 aromatic carbocycles. The molecule has 1 aromatic rings. The first-order valence-electron chi connectivity index (χ1n) is 6.03. The highest BCUT2D eigenvalue weighted by atomic mass is 35.5. The van der Waals surface area contributed by atoms with E-state index in [1.54, 1.807) is 0 Å². The van der Waals surface area contributed by atoms with Crippen molar-refractivity contribution < 1.29 is 5.11 Å². The van der Waals surface area contributed by atoms with Crippen molar-refractivity contribution in [1.29, 1.82) is 0 Å². The molecule has 2 heterocycles. The molecule has 0 aliphatic carbocycles. The van der Waals surface area contributed by atoms with Crippen LogP contribution in [0.1, 0.15) is 38.2 Å². The Kier molecular flexibility index (Phi) is 3.84. The summed E-state index contributed by atoms with van der Waals surface area (Å²) in [6.07, 6.45) is 2.92. The van der Waals surface area contributed by atoms with Crippen molar-refractivity contribution in [3.05, 3.63) is 17.0 Å². The van der Waals surface area contributed by atoms with E-state index in [1.807, 2.05) is 0 Å². The van der Waals surface area contributed by atoms with E-state index >= 15 is 0 Å². The average Bonchev–Trinajstić information content (AvgIpc) is 2.29. The van der Waals surface area contributed by atoms with Gasteiger partial charge < -0.3 is 10.0 Å². The molecule has 0 unspecified atom stereocenters. The third-order valence-electron chi connectivity index (χ3n) is 3.16. The zero-order valence-electron chi connectivity index (χ0n) is 10.2. The largest absolute Gasteiger partial charge is 0.393 e. The lowest BCUT2D eigenvalue weighted by Gasteiger charge is -2.32. The summed E-state index contributed by atoms with van der Waals surface area (Å²) in [6, 6.07) is 0. The molecule has 0 spiro atoms. The molecule has 0 atom stereocenters. The smallest absolute Gasteiger partial charge is 0.138 e. The number of aliphatic hydroxyl groups excluding tert-OH is 1. The Labute approximate surface area is 107 Å². The summed E-state index contributed by atoms with van der Waals surface area (Å²) < 4.78 is 0. The Morgan fingerprint density at radius 1 is 1.35 bits per heavy atom.